The van der Waals surface area contributed by atoms with E-state index in [1.54, 1.807) is 0 Å². The number of amides is 2. The van der Waals surface area contributed by atoms with Crippen molar-refractivity contribution in [2.75, 3.05) is 0 Å². The molecule has 0 aromatic carbocycles. The highest BCUT2D eigenvalue weighted by molar-refractivity contribution is 5.75. The molecule has 0 spiro atoms. The first-order valence-electron chi connectivity index (χ1n) is 8.30. The van der Waals surface area contributed by atoms with Crippen molar-refractivity contribution in [3.63, 3.8) is 0 Å². The quantitative estimate of drug-likeness (QED) is 0.880. The normalized spacial score (nSPS) is 16.3. The third-order valence-corrected chi connectivity index (χ3v) is 4.36. The number of aromatic amines is 1. The number of carbonyl (C=O) groups is 1. The average Bonchev–Trinajstić information content (AvgIpc) is 3.14. The van der Waals surface area contributed by atoms with E-state index in [1.807, 2.05) is 30.0 Å². The van der Waals surface area contributed by atoms with Crippen LogP contribution in [0.2, 0.25) is 0 Å². The molecule has 7 heteroatoms. The number of aryl methyl sites for hydroxylation is 1. The minimum Gasteiger partial charge on any atom is -0.369 e. The zero-order valence-electron chi connectivity index (χ0n) is 13.7. The lowest BCUT2D eigenvalue weighted by atomic mass is 10.2. The minimum atomic E-state index is 0.0120. The Morgan fingerprint density at radius 1 is 1.38 bits per heavy atom. The summed E-state index contributed by atoms with van der Waals surface area (Å²) in [5.41, 5.74) is 4.85. The van der Waals surface area contributed by atoms with Gasteiger partial charge >= 0.3 is 6.03 Å². The van der Waals surface area contributed by atoms with Crippen LogP contribution in [0, 0.1) is 6.92 Å². The summed E-state index contributed by atoms with van der Waals surface area (Å²) < 4.78 is 5.75. The molecule has 0 unspecified atom stereocenters. The number of nitrogens with zero attached hydrogens (tertiary/aromatic N) is 3. The number of H-pyrrole nitrogens is 1. The van der Waals surface area contributed by atoms with Crippen LogP contribution in [0.5, 0.6) is 0 Å². The van der Waals surface area contributed by atoms with Crippen molar-refractivity contribution in [1.29, 1.82) is 0 Å². The zero-order chi connectivity index (χ0) is 16.5. The summed E-state index contributed by atoms with van der Waals surface area (Å²) in [5, 5.41) is 10.4. The van der Waals surface area contributed by atoms with Gasteiger partial charge in [0.1, 0.15) is 0 Å². The number of rotatable bonds is 5. The topological polar surface area (TPSA) is 83.1 Å². The summed E-state index contributed by atoms with van der Waals surface area (Å²) in [5.74, 6) is 0. The summed E-state index contributed by atoms with van der Waals surface area (Å²) in [6, 6.07) is 6.28. The number of fused-ring (bicyclic) bond motifs is 1. The van der Waals surface area contributed by atoms with Gasteiger partial charge in [-0.25, -0.2) is 4.79 Å². The van der Waals surface area contributed by atoms with Crippen LogP contribution in [0.3, 0.4) is 0 Å². The first-order valence-corrected chi connectivity index (χ1v) is 8.30. The lowest BCUT2D eigenvalue weighted by Gasteiger charge is -2.16. The number of ether oxygens (including phenoxy) is 1. The van der Waals surface area contributed by atoms with Crippen LogP contribution in [0.4, 0.5) is 4.79 Å². The third-order valence-electron chi connectivity index (χ3n) is 4.36. The summed E-state index contributed by atoms with van der Waals surface area (Å²) in [4.78, 5) is 18.4. The van der Waals surface area contributed by atoms with E-state index in [0.29, 0.717) is 32.3 Å². The molecule has 1 fully saturated rings. The van der Waals surface area contributed by atoms with E-state index in [4.69, 9.17) is 4.74 Å². The second kappa shape index (κ2) is 6.24. The number of urea groups is 1. The standard InChI is InChI=1S/C17H21N5O2/c1-11-3-2-4-13(18-11)9-24-10-16-14-7-22(8-15(14)20-21-16)17(23)19-12-5-6-12/h2-4,12H,5-10H2,1H3,(H,19,23)(H,20,21). The van der Waals surface area contributed by atoms with Gasteiger partial charge in [-0.2, -0.15) is 5.10 Å². The maximum atomic E-state index is 12.1. The average molecular weight is 327 g/mol. The van der Waals surface area contributed by atoms with E-state index >= 15 is 0 Å². The smallest absolute Gasteiger partial charge is 0.318 e. The van der Waals surface area contributed by atoms with Gasteiger partial charge in [-0.1, -0.05) is 6.07 Å². The van der Waals surface area contributed by atoms with Gasteiger partial charge < -0.3 is 15.0 Å². The summed E-state index contributed by atoms with van der Waals surface area (Å²) in [6.07, 6.45) is 2.19. The molecule has 1 aliphatic heterocycles. The Bertz CT molecular complexity index is 753. The monoisotopic (exact) mass is 327 g/mol. The van der Waals surface area contributed by atoms with Crippen molar-refractivity contribution in [3.05, 3.63) is 46.5 Å². The second-order valence-electron chi connectivity index (χ2n) is 6.47. The Labute approximate surface area is 140 Å². The molecule has 2 aliphatic rings. The molecule has 2 aromatic rings. The molecule has 1 aliphatic carbocycles. The molecular formula is C17H21N5O2. The van der Waals surface area contributed by atoms with E-state index < -0.39 is 0 Å². The van der Waals surface area contributed by atoms with E-state index in [2.05, 4.69) is 20.5 Å². The molecule has 2 aromatic heterocycles. The lowest BCUT2D eigenvalue weighted by Crippen LogP contribution is -2.37. The Hall–Kier alpha value is -2.41. The largest absolute Gasteiger partial charge is 0.369 e. The highest BCUT2D eigenvalue weighted by Crippen LogP contribution is 2.26. The third kappa shape index (κ3) is 3.26. The predicted octanol–water partition coefficient (Wildman–Crippen LogP) is 2.02. The van der Waals surface area contributed by atoms with Crippen molar-refractivity contribution < 1.29 is 9.53 Å². The predicted molar refractivity (Wildman–Crippen MR) is 86.9 cm³/mol. The number of nitrogens with one attached hydrogen (secondary N) is 2. The summed E-state index contributed by atoms with van der Waals surface area (Å²) in [6.45, 7) is 4.01. The van der Waals surface area contributed by atoms with E-state index in [-0.39, 0.29) is 6.03 Å². The van der Waals surface area contributed by atoms with E-state index in [0.717, 1.165) is 41.2 Å². The van der Waals surface area contributed by atoms with Gasteiger partial charge in [0.25, 0.3) is 0 Å². The van der Waals surface area contributed by atoms with Crippen LogP contribution in [0.15, 0.2) is 18.2 Å². The molecule has 126 valence electrons. The number of hydrogen-bond donors (Lipinski definition) is 2. The van der Waals surface area contributed by atoms with Gasteiger partial charge in [0.2, 0.25) is 0 Å². The van der Waals surface area contributed by atoms with Crippen molar-refractivity contribution in [3.8, 4) is 0 Å². The molecule has 4 rings (SSSR count). The van der Waals surface area contributed by atoms with Gasteiger partial charge in [0.05, 0.1) is 43.4 Å². The number of aromatic nitrogens is 3. The summed E-state index contributed by atoms with van der Waals surface area (Å²) in [7, 11) is 0. The van der Waals surface area contributed by atoms with Crippen molar-refractivity contribution in [2.45, 2.75) is 52.1 Å². The fraction of sp³-hybridized carbons (Fsp3) is 0.471. The van der Waals surface area contributed by atoms with Gasteiger partial charge in [-0.3, -0.25) is 10.1 Å². The van der Waals surface area contributed by atoms with Crippen molar-refractivity contribution >= 4 is 6.03 Å². The zero-order valence-corrected chi connectivity index (χ0v) is 13.7. The number of carbonyl (C=O) groups excluding carboxylic acids is 1. The molecule has 1 saturated carbocycles. The Morgan fingerprint density at radius 3 is 3.04 bits per heavy atom. The molecule has 0 radical (unpaired) electrons. The molecule has 0 saturated heterocycles. The maximum absolute atomic E-state index is 12.1. The lowest BCUT2D eigenvalue weighted by molar-refractivity contribution is 0.101. The van der Waals surface area contributed by atoms with Crippen molar-refractivity contribution in [2.24, 2.45) is 0 Å². The SMILES string of the molecule is Cc1cccc(COCc2n[nH]c3c2CN(C(=O)NC2CC2)C3)n1. The molecule has 3 heterocycles. The van der Waals surface area contributed by atoms with Crippen LogP contribution in [0.1, 0.15) is 41.2 Å². The van der Waals surface area contributed by atoms with Gasteiger partial charge in [-0.05, 0) is 31.9 Å². The Morgan fingerprint density at radius 2 is 2.25 bits per heavy atom. The maximum Gasteiger partial charge on any atom is 0.318 e. The molecule has 2 N–H and O–H groups in total. The molecule has 0 atom stereocenters. The minimum absolute atomic E-state index is 0.0120. The van der Waals surface area contributed by atoms with Crippen LogP contribution in [0.25, 0.3) is 0 Å². The van der Waals surface area contributed by atoms with Crippen molar-refractivity contribution in [1.82, 2.24) is 25.4 Å². The second-order valence-corrected chi connectivity index (χ2v) is 6.47. The Kier molecular flexibility index (Phi) is 3.93. The highest BCUT2D eigenvalue weighted by atomic mass is 16.5. The molecule has 7 nitrogen and oxygen atoms in total. The molecule has 2 amide bonds. The van der Waals surface area contributed by atoms with E-state index in [9.17, 15) is 4.79 Å². The first kappa shape index (κ1) is 15.1. The number of pyridine rings is 1. The van der Waals surface area contributed by atoms with Gasteiger partial charge in [0, 0.05) is 17.3 Å². The molecule has 0 bridgehead atoms. The van der Waals surface area contributed by atoms with Crippen LogP contribution in [-0.2, 0) is 31.0 Å². The molecular weight excluding hydrogens is 306 g/mol. The van der Waals surface area contributed by atoms with Crippen LogP contribution >= 0.6 is 0 Å². The Balaban J connectivity index is 1.33. The highest BCUT2D eigenvalue weighted by Gasteiger charge is 2.31. The van der Waals surface area contributed by atoms with Gasteiger partial charge in [0.15, 0.2) is 0 Å². The number of hydrogen-bond acceptors (Lipinski definition) is 4. The van der Waals surface area contributed by atoms with E-state index in [1.165, 1.54) is 0 Å². The van der Waals surface area contributed by atoms with Crippen LogP contribution in [-0.4, -0.2) is 32.2 Å². The fourth-order valence-corrected chi connectivity index (χ4v) is 2.89. The first-order chi connectivity index (χ1) is 11.7. The molecule has 24 heavy (non-hydrogen) atoms. The van der Waals surface area contributed by atoms with Gasteiger partial charge in [-0.15, -0.1) is 0 Å². The van der Waals surface area contributed by atoms with Crippen LogP contribution < -0.4 is 5.32 Å². The fourth-order valence-electron chi connectivity index (χ4n) is 2.89. The summed E-state index contributed by atoms with van der Waals surface area (Å²) >= 11 is 0.